The van der Waals surface area contributed by atoms with E-state index in [0.717, 1.165) is 5.56 Å². The summed E-state index contributed by atoms with van der Waals surface area (Å²) in [5.74, 6) is 0. The fraction of sp³-hybridized carbons (Fsp3) is 0.273. The standard InChI is InChI=1S/C11H15O3P/c1-4-11(15(12,13-2)14-3)10-8-6-5-7-9-10/h4-9,11H,1H2,2-3H3. The maximum absolute atomic E-state index is 12.2. The molecule has 15 heavy (non-hydrogen) atoms. The molecular formula is C11H15O3P. The highest BCUT2D eigenvalue weighted by Gasteiger charge is 2.32. The Bertz CT molecular complexity index is 353. The van der Waals surface area contributed by atoms with Crippen LogP contribution < -0.4 is 0 Å². The topological polar surface area (TPSA) is 35.5 Å². The van der Waals surface area contributed by atoms with E-state index in [0.29, 0.717) is 0 Å². The fourth-order valence-electron chi connectivity index (χ4n) is 1.40. The lowest BCUT2D eigenvalue weighted by Gasteiger charge is -2.21. The Morgan fingerprint density at radius 3 is 2.20 bits per heavy atom. The van der Waals surface area contributed by atoms with Crippen LogP contribution in [0.25, 0.3) is 0 Å². The lowest BCUT2D eigenvalue weighted by Crippen LogP contribution is -2.00. The average Bonchev–Trinajstić information content (AvgIpc) is 2.31. The van der Waals surface area contributed by atoms with Crippen molar-refractivity contribution in [1.82, 2.24) is 0 Å². The maximum atomic E-state index is 12.2. The second kappa shape index (κ2) is 5.26. The summed E-state index contributed by atoms with van der Waals surface area (Å²) < 4.78 is 22.1. The van der Waals surface area contributed by atoms with Gasteiger partial charge in [0.1, 0.15) is 5.66 Å². The van der Waals surface area contributed by atoms with Gasteiger partial charge >= 0.3 is 7.60 Å². The van der Waals surface area contributed by atoms with Crippen molar-refractivity contribution in [1.29, 1.82) is 0 Å². The first-order valence-electron chi connectivity index (χ1n) is 4.56. The molecule has 0 spiro atoms. The molecule has 82 valence electrons. The van der Waals surface area contributed by atoms with Crippen LogP contribution in [0.15, 0.2) is 43.0 Å². The minimum Gasteiger partial charge on any atom is -0.311 e. The Morgan fingerprint density at radius 1 is 1.27 bits per heavy atom. The second-order valence-electron chi connectivity index (χ2n) is 3.00. The van der Waals surface area contributed by atoms with E-state index in [4.69, 9.17) is 9.05 Å². The molecule has 0 fully saturated rings. The van der Waals surface area contributed by atoms with Crippen molar-refractivity contribution in [2.45, 2.75) is 5.66 Å². The van der Waals surface area contributed by atoms with Crippen LogP contribution in [0.2, 0.25) is 0 Å². The van der Waals surface area contributed by atoms with Crippen LogP contribution in [0.5, 0.6) is 0 Å². The van der Waals surface area contributed by atoms with Crippen molar-refractivity contribution in [2.75, 3.05) is 14.2 Å². The van der Waals surface area contributed by atoms with E-state index in [9.17, 15) is 4.57 Å². The van der Waals surface area contributed by atoms with Crippen molar-refractivity contribution in [3.63, 3.8) is 0 Å². The Morgan fingerprint density at radius 2 is 1.80 bits per heavy atom. The Labute approximate surface area is 90.3 Å². The van der Waals surface area contributed by atoms with Gasteiger partial charge in [-0.1, -0.05) is 36.4 Å². The number of rotatable bonds is 5. The summed E-state index contributed by atoms with van der Waals surface area (Å²) in [6.07, 6.45) is 1.59. The van der Waals surface area contributed by atoms with Crippen molar-refractivity contribution in [2.24, 2.45) is 0 Å². The van der Waals surface area contributed by atoms with Gasteiger partial charge < -0.3 is 9.05 Å². The highest BCUT2D eigenvalue weighted by atomic mass is 31.2. The normalized spacial score (nSPS) is 13.5. The second-order valence-corrected chi connectivity index (χ2v) is 5.36. The Kier molecular flexibility index (Phi) is 4.28. The molecule has 0 aliphatic heterocycles. The maximum Gasteiger partial charge on any atom is 0.341 e. The van der Waals surface area contributed by atoms with Crippen molar-refractivity contribution >= 4 is 7.60 Å². The summed E-state index contributed by atoms with van der Waals surface area (Å²) in [5.41, 5.74) is 0.452. The average molecular weight is 226 g/mol. The van der Waals surface area contributed by atoms with Crippen LogP contribution in [0, 0.1) is 0 Å². The molecule has 0 heterocycles. The Hall–Kier alpha value is -0.890. The van der Waals surface area contributed by atoms with Gasteiger partial charge in [-0.15, -0.1) is 6.58 Å². The molecule has 4 heteroatoms. The van der Waals surface area contributed by atoms with E-state index in [-0.39, 0.29) is 0 Å². The third-order valence-corrected chi connectivity index (χ3v) is 4.42. The summed E-state index contributed by atoms with van der Waals surface area (Å²) in [6, 6.07) is 9.39. The van der Waals surface area contributed by atoms with Crippen molar-refractivity contribution in [3.05, 3.63) is 48.6 Å². The van der Waals surface area contributed by atoms with Gasteiger partial charge in [0.15, 0.2) is 0 Å². The van der Waals surface area contributed by atoms with Crippen LogP contribution >= 0.6 is 7.60 Å². The van der Waals surface area contributed by atoms with E-state index in [2.05, 4.69) is 6.58 Å². The van der Waals surface area contributed by atoms with E-state index in [1.54, 1.807) is 6.08 Å². The third kappa shape index (κ3) is 2.57. The van der Waals surface area contributed by atoms with Crippen molar-refractivity contribution < 1.29 is 13.6 Å². The van der Waals surface area contributed by atoms with Crippen LogP contribution in [0.1, 0.15) is 11.2 Å². The molecule has 0 saturated heterocycles. The highest BCUT2D eigenvalue weighted by Crippen LogP contribution is 2.60. The van der Waals surface area contributed by atoms with E-state index in [1.807, 2.05) is 30.3 Å². The van der Waals surface area contributed by atoms with Gasteiger partial charge in [-0.05, 0) is 5.56 Å². The van der Waals surface area contributed by atoms with Crippen LogP contribution in [0.4, 0.5) is 0 Å². The smallest absolute Gasteiger partial charge is 0.311 e. The van der Waals surface area contributed by atoms with Gasteiger partial charge in [-0.25, -0.2) is 0 Å². The molecule has 0 N–H and O–H groups in total. The summed E-state index contributed by atoms with van der Waals surface area (Å²) in [7, 11) is -0.374. The number of benzene rings is 1. The third-order valence-electron chi connectivity index (χ3n) is 2.21. The molecule has 1 aromatic rings. The highest BCUT2D eigenvalue weighted by molar-refractivity contribution is 7.54. The van der Waals surface area contributed by atoms with Crippen LogP contribution in [-0.4, -0.2) is 14.2 Å². The summed E-state index contributed by atoms with van der Waals surface area (Å²) in [5, 5.41) is 0. The van der Waals surface area contributed by atoms with Gasteiger partial charge in [-0.3, -0.25) is 4.57 Å². The zero-order chi connectivity index (χ0) is 11.3. The molecular weight excluding hydrogens is 211 g/mol. The fourth-order valence-corrected chi connectivity index (χ4v) is 2.80. The largest absolute Gasteiger partial charge is 0.341 e. The SMILES string of the molecule is C=CC(c1ccccc1)P(=O)(OC)OC. The zero-order valence-corrected chi connectivity index (χ0v) is 9.81. The molecule has 1 unspecified atom stereocenters. The number of hydrogen-bond donors (Lipinski definition) is 0. The molecule has 0 amide bonds. The first-order valence-corrected chi connectivity index (χ1v) is 6.18. The lowest BCUT2D eigenvalue weighted by molar-refractivity contribution is 0.270. The Balaban J connectivity index is 3.09. The lowest BCUT2D eigenvalue weighted by atomic mass is 10.1. The summed E-state index contributed by atoms with van der Waals surface area (Å²) in [6.45, 7) is 3.67. The number of allylic oxidation sites excluding steroid dienone is 1. The van der Waals surface area contributed by atoms with Crippen LogP contribution in [0.3, 0.4) is 0 Å². The van der Waals surface area contributed by atoms with Crippen molar-refractivity contribution in [3.8, 4) is 0 Å². The van der Waals surface area contributed by atoms with E-state index in [1.165, 1.54) is 14.2 Å². The molecule has 1 rings (SSSR count). The van der Waals surface area contributed by atoms with Gasteiger partial charge in [0.05, 0.1) is 0 Å². The first kappa shape index (κ1) is 12.2. The van der Waals surface area contributed by atoms with Gasteiger partial charge in [0.2, 0.25) is 0 Å². The number of hydrogen-bond acceptors (Lipinski definition) is 3. The van der Waals surface area contributed by atoms with E-state index < -0.39 is 13.3 Å². The molecule has 0 bridgehead atoms. The minimum absolute atomic E-state index is 0.423. The summed E-state index contributed by atoms with van der Waals surface area (Å²) in [4.78, 5) is 0. The minimum atomic E-state index is -3.13. The predicted molar refractivity (Wildman–Crippen MR) is 61.0 cm³/mol. The zero-order valence-electron chi connectivity index (χ0n) is 8.92. The predicted octanol–water partition coefficient (Wildman–Crippen LogP) is 3.40. The van der Waals surface area contributed by atoms with Gasteiger partial charge in [-0.2, -0.15) is 0 Å². The first-order chi connectivity index (χ1) is 7.18. The molecule has 0 aromatic heterocycles. The van der Waals surface area contributed by atoms with Gasteiger partial charge in [0, 0.05) is 14.2 Å². The molecule has 0 saturated carbocycles. The molecule has 1 atom stereocenters. The molecule has 0 radical (unpaired) electrons. The van der Waals surface area contributed by atoms with Crippen LogP contribution in [-0.2, 0) is 13.6 Å². The molecule has 0 aliphatic carbocycles. The molecule has 1 aromatic carbocycles. The summed E-state index contributed by atoms with van der Waals surface area (Å²) >= 11 is 0. The van der Waals surface area contributed by atoms with Gasteiger partial charge in [0.25, 0.3) is 0 Å². The quantitative estimate of drug-likeness (QED) is 0.570. The molecule has 0 aliphatic rings. The molecule has 3 nitrogen and oxygen atoms in total. The van der Waals surface area contributed by atoms with E-state index >= 15 is 0 Å². The monoisotopic (exact) mass is 226 g/mol.